The van der Waals surface area contributed by atoms with Crippen LogP contribution in [0.3, 0.4) is 0 Å². The Morgan fingerprint density at radius 1 is 1.23 bits per heavy atom. The number of ether oxygens (including phenoxy) is 1. The number of nitrogens with zero attached hydrogens (tertiary/aromatic N) is 1. The summed E-state index contributed by atoms with van der Waals surface area (Å²) in [6.45, 7) is 4.87. The highest BCUT2D eigenvalue weighted by molar-refractivity contribution is 6.14. The van der Waals surface area contributed by atoms with Crippen LogP contribution in [0.15, 0.2) is 48.5 Å². The molecule has 30 heavy (non-hydrogen) atoms. The molecule has 1 unspecified atom stereocenters. The van der Waals surface area contributed by atoms with Gasteiger partial charge in [-0.15, -0.1) is 0 Å². The lowest BCUT2D eigenvalue weighted by Crippen LogP contribution is -2.46. The summed E-state index contributed by atoms with van der Waals surface area (Å²) < 4.78 is 33.1. The molecule has 0 radical (unpaired) electrons. The monoisotopic (exact) mass is 417 g/mol. The fraction of sp³-hybridized carbons (Fsp3) is 0.364. The lowest BCUT2D eigenvalue weighted by Gasteiger charge is -2.24. The highest BCUT2D eigenvalue weighted by atomic mass is 19.3. The van der Waals surface area contributed by atoms with E-state index in [2.05, 4.69) is 10.7 Å². The third-order valence-electron chi connectivity index (χ3n) is 5.18. The summed E-state index contributed by atoms with van der Waals surface area (Å²) in [7, 11) is 1.54. The van der Waals surface area contributed by atoms with Gasteiger partial charge in [0.1, 0.15) is 11.7 Å². The number of nitrogens with one attached hydrogen (secondary N) is 2. The number of carbonyl (C=O) groups excluding carboxylic acids is 2. The number of carbonyl (C=O) groups is 2. The molecule has 3 rings (SSSR count). The number of methoxy groups -OCH3 is 1. The highest BCUT2D eigenvalue weighted by Crippen LogP contribution is 2.34. The average Bonchev–Trinajstić information content (AvgIpc) is 2.97. The first-order valence-corrected chi connectivity index (χ1v) is 9.64. The molecule has 2 N–H and O–H groups in total. The first-order valence-electron chi connectivity index (χ1n) is 9.64. The van der Waals surface area contributed by atoms with Crippen molar-refractivity contribution in [1.82, 2.24) is 5.43 Å². The van der Waals surface area contributed by atoms with Crippen LogP contribution in [0.4, 0.5) is 20.2 Å². The number of alkyl halides is 2. The van der Waals surface area contributed by atoms with Gasteiger partial charge in [-0.05, 0) is 50.2 Å². The van der Waals surface area contributed by atoms with Crippen molar-refractivity contribution < 1.29 is 23.1 Å². The highest BCUT2D eigenvalue weighted by Gasteiger charge is 2.50. The van der Waals surface area contributed by atoms with Crippen molar-refractivity contribution in [3.63, 3.8) is 0 Å². The molecule has 1 aliphatic rings. The number of amides is 2. The molecule has 1 heterocycles. The van der Waals surface area contributed by atoms with Crippen molar-refractivity contribution in [2.45, 2.75) is 38.7 Å². The minimum atomic E-state index is -2.99. The molecular weight excluding hydrogens is 392 g/mol. The van der Waals surface area contributed by atoms with Crippen molar-refractivity contribution in [2.75, 3.05) is 17.4 Å². The molecule has 0 bridgehead atoms. The van der Waals surface area contributed by atoms with Gasteiger partial charge in [0, 0.05) is 17.7 Å². The zero-order chi connectivity index (χ0) is 22.1. The van der Waals surface area contributed by atoms with E-state index in [1.54, 1.807) is 45.2 Å². The van der Waals surface area contributed by atoms with E-state index in [9.17, 15) is 18.4 Å². The molecule has 1 fully saturated rings. The van der Waals surface area contributed by atoms with Gasteiger partial charge in [-0.25, -0.2) is 19.2 Å². The number of benzene rings is 2. The second-order valence-corrected chi connectivity index (χ2v) is 7.77. The van der Waals surface area contributed by atoms with Gasteiger partial charge >= 0.3 is 0 Å². The third-order valence-corrected chi connectivity index (χ3v) is 5.18. The lowest BCUT2D eigenvalue weighted by molar-refractivity contribution is -0.130. The van der Waals surface area contributed by atoms with Crippen molar-refractivity contribution >= 4 is 23.2 Å². The van der Waals surface area contributed by atoms with Gasteiger partial charge in [0.2, 0.25) is 5.91 Å². The molecule has 1 atom stereocenters. The summed E-state index contributed by atoms with van der Waals surface area (Å²) in [6, 6.07) is 12.4. The number of hydrazine groups is 1. The van der Waals surface area contributed by atoms with E-state index < -0.39 is 29.2 Å². The third kappa shape index (κ3) is 4.14. The predicted molar refractivity (Wildman–Crippen MR) is 110 cm³/mol. The maximum atomic E-state index is 14.0. The zero-order valence-corrected chi connectivity index (χ0v) is 17.3. The summed E-state index contributed by atoms with van der Waals surface area (Å²) >= 11 is 0. The first-order chi connectivity index (χ1) is 14.1. The first kappa shape index (κ1) is 21.7. The maximum absolute atomic E-state index is 14.0. The Labute approximate surface area is 174 Å². The van der Waals surface area contributed by atoms with E-state index in [0.29, 0.717) is 11.4 Å². The molecule has 0 aliphatic carbocycles. The van der Waals surface area contributed by atoms with Gasteiger partial charge in [-0.1, -0.05) is 19.1 Å². The van der Waals surface area contributed by atoms with Gasteiger partial charge < -0.3 is 10.1 Å². The molecule has 160 valence electrons. The minimum absolute atomic E-state index is 0.183. The van der Waals surface area contributed by atoms with Crippen LogP contribution in [0.5, 0.6) is 5.75 Å². The number of halogens is 2. The van der Waals surface area contributed by atoms with Crippen LogP contribution in [0.2, 0.25) is 0 Å². The molecule has 0 aromatic heterocycles. The van der Waals surface area contributed by atoms with E-state index >= 15 is 0 Å². The van der Waals surface area contributed by atoms with Crippen LogP contribution < -0.4 is 20.5 Å². The Kier molecular flexibility index (Phi) is 5.81. The Hall–Kier alpha value is -3.00. The molecule has 6 nitrogen and oxygen atoms in total. The van der Waals surface area contributed by atoms with Crippen molar-refractivity contribution in [1.29, 1.82) is 0 Å². The average molecular weight is 417 g/mol. The summed E-state index contributed by atoms with van der Waals surface area (Å²) in [6.07, 6.45) is -0.348. The quantitative estimate of drug-likeness (QED) is 0.695. The Balaban J connectivity index is 1.81. The maximum Gasteiger partial charge on any atom is 0.273 e. The van der Waals surface area contributed by atoms with Crippen LogP contribution in [-0.2, 0) is 15.5 Å². The Morgan fingerprint density at radius 2 is 1.90 bits per heavy atom. The summed E-state index contributed by atoms with van der Waals surface area (Å²) in [4.78, 5) is 26.0. The van der Waals surface area contributed by atoms with Crippen molar-refractivity contribution in [3.8, 4) is 5.75 Å². The second-order valence-electron chi connectivity index (χ2n) is 7.77. The van der Waals surface area contributed by atoms with E-state index in [1.165, 1.54) is 36.2 Å². The van der Waals surface area contributed by atoms with E-state index in [-0.39, 0.29) is 17.7 Å². The van der Waals surface area contributed by atoms with Crippen LogP contribution in [0.25, 0.3) is 0 Å². The van der Waals surface area contributed by atoms with E-state index in [4.69, 9.17) is 4.74 Å². The van der Waals surface area contributed by atoms with Crippen LogP contribution in [-0.4, -0.2) is 24.5 Å². The fourth-order valence-electron chi connectivity index (χ4n) is 3.45. The fourth-order valence-corrected chi connectivity index (χ4v) is 3.45. The number of hydrogen-bond acceptors (Lipinski definition) is 4. The van der Waals surface area contributed by atoms with Gasteiger partial charge in [0.05, 0.1) is 18.3 Å². The molecular formula is C22H25F2N3O3. The van der Waals surface area contributed by atoms with Gasteiger partial charge in [-0.2, -0.15) is 0 Å². The number of hydrogen-bond donors (Lipinski definition) is 2. The molecule has 8 heteroatoms. The van der Waals surface area contributed by atoms with Crippen molar-refractivity contribution in [3.05, 3.63) is 54.1 Å². The topological polar surface area (TPSA) is 70.7 Å². The summed E-state index contributed by atoms with van der Waals surface area (Å²) in [5, 5.41) is 3.94. The predicted octanol–water partition coefficient (Wildman–Crippen LogP) is 4.08. The molecule has 1 saturated heterocycles. The molecule has 0 spiro atoms. The molecule has 2 amide bonds. The molecule has 1 aliphatic heterocycles. The van der Waals surface area contributed by atoms with Crippen LogP contribution >= 0.6 is 0 Å². The second kappa shape index (κ2) is 8.02. The van der Waals surface area contributed by atoms with Crippen LogP contribution in [0.1, 0.15) is 32.8 Å². The largest absolute Gasteiger partial charge is 0.497 e. The van der Waals surface area contributed by atoms with E-state index in [1.807, 2.05) is 0 Å². The van der Waals surface area contributed by atoms with E-state index in [0.717, 1.165) is 0 Å². The normalized spacial score (nSPS) is 18.4. The molecule has 2 aromatic rings. The number of anilines is 2. The summed E-state index contributed by atoms with van der Waals surface area (Å²) in [5.41, 5.74) is 2.78. The van der Waals surface area contributed by atoms with Crippen LogP contribution in [0, 0.1) is 5.92 Å². The van der Waals surface area contributed by atoms with Gasteiger partial charge in [0.15, 0.2) is 0 Å². The summed E-state index contributed by atoms with van der Waals surface area (Å²) in [5.74, 6) is -4.39. The standard InChI is InChI=1S/C22H25F2N3O3/c1-5-22(23,24)14-7-6-8-15(13-14)25-19(28)18-20(29)27(26-21(18,2)3)16-9-11-17(30-4)12-10-16/h6-13,18,26H,5H2,1-4H3,(H,25,28). The minimum Gasteiger partial charge on any atom is -0.497 e. The lowest BCUT2D eigenvalue weighted by atomic mass is 9.88. The van der Waals surface area contributed by atoms with Gasteiger partial charge in [0.25, 0.3) is 11.8 Å². The Bertz CT molecular complexity index is 945. The smallest absolute Gasteiger partial charge is 0.273 e. The molecule has 2 aromatic carbocycles. The SMILES string of the molecule is CCC(F)(F)c1cccc(NC(=O)C2C(=O)N(c3ccc(OC)cc3)NC2(C)C)c1. The molecule has 0 saturated carbocycles. The zero-order valence-electron chi connectivity index (χ0n) is 17.3. The Morgan fingerprint density at radius 3 is 2.50 bits per heavy atom. The van der Waals surface area contributed by atoms with Crippen molar-refractivity contribution in [2.24, 2.45) is 5.92 Å². The number of rotatable bonds is 6. The van der Waals surface area contributed by atoms with Gasteiger partial charge in [-0.3, -0.25) is 9.59 Å².